The molecule has 0 saturated carbocycles. The monoisotopic (exact) mass is 388 g/mol. The van der Waals surface area contributed by atoms with E-state index in [2.05, 4.69) is 49.4 Å². The van der Waals surface area contributed by atoms with Crippen LogP contribution in [-0.2, 0) is 6.42 Å². The summed E-state index contributed by atoms with van der Waals surface area (Å²) in [4.78, 5) is 29.1. The minimum absolute atomic E-state index is 0.00144. The van der Waals surface area contributed by atoms with Gasteiger partial charge in [-0.25, -0.2) is 19.7 Å². The number of nitrogens with one attached hydrogen (secondary N) is 1. The number of carbonyl (C=O) groups is 1. The number of piperidine rings is 1. The Balaban J connectivity index is 1.21. The summed E-state index contributed by atoms with van der Waals surface area (Å²) in [7, 11) is 0. The summed E-state index contributed by atoms with van der Waals surface area (Å²) in [5, 5.41) is 2.85. The first kappa shape index (κ1) is 17.8. The van der Waals surface area contributed by atoms with Gasteiger partial charge >= 0.3 is 6.03 Å². The zero-order valence-corrected chi connectivity index (χ0v) is 16.3. The van der Waals surface area contributed by atoms with Crippen LogP contribution >= 0.6 is 0 Å². The highest BCUT2D eigenvalue weighted by Gasteiger charge is 2.23. The molecule has 148 valence electrons. The molecular formula is C22H24N6O. The molecular weight excluding hydrogens is 364 g/mol. The Kier molecular flexibility index (Phi) is 4.71. The molecule has 0 unspecified atom stereocenters. The molecule has 0 radical (unpaired) electrons. The van der Waals surface area contributed by atoms with Gasteiger partial charge in [0.15, 0.2) is 5.65 Å². The number of urea groups is 1. The van der Waals surface area contributed by atoms with Crippen LogP contribution in [0.2, 0.25) is 0 Å². The van der Waals surface area contributed by atoms with Gasteiger partial charge in [-0.05, 0) is 48.9 Å². The molecule has 7 nitrogen and oxygen atoms in total. The molecule has 2 aromatic heterocycles. The van der Waals surface area contributed by atoms with Crippen LogP contribution in [0.15, 0.2) is 48.9 Å². The van der Waals surface area contributed by atoms with Gasteiger partial charge in [-0.1, -0.05) is 12.1 Å². The van der Waals surface area contributed by atoms with Crippen molar-refractivity contribution in [3.05, 3.63) is 54.5 Å². The molecule has 0 atom stereocenters. The summed E-state index contributed by atoms with van der Waals surface area (Å²) in [6.07, 6.45) is 8.63. The smallest absolute Gasteiger partial charge is 0.321 e. The van der Waals surface area contributed by atoms with Crippen molar-refractivity contribution in [2.24, 2.45) is 5.92 Å². The van der Waals surface area contributed by atoms with E-state index in [9.17, 15) is 4.79 Å². The number of amides is 2. The van der Waals surface area contributed by atoms with E-state index in [1.165, 1.54) is 5.56 Å². The van der Waals surface area contributed by atoms with Gasteiger partial charge in [-0.3, -0.25) is 4.90 Å². The molecule has 0 spiro atoms. The molecule has 0 aliphatic carbocycles. The van der Waals surface area contributed by atoms with Gasteiger partial charge in [0.1, 0.15) is 5.52 Å². The van der Waals surface area contributed by atoms with E-state index in [-0.39, 0.29) is 6.03 Å². The summed E-state index contributed by atoms with van der Waals surface area (Å²) in [6, 6.07) is 10.5. The van der Waals surface area contributed by atoms with Crippen molar-refractivity contribution in [3.63, 3.8) is 0 Å². The van der Waals surface area contributed by atoms with E-state index in [4.69, 9.17) is 0 Å². The van der Waals surface area contributed by atoms with Crippen LogP contribution in [0.4, 0.5) is 16.2 Å². The lowest BCUT2D eigenvalue weighted by atomic mass is 9.90. The molecule has 2 saturated heterocycles. The van der Waals surface area contributed by atoms with E-state index < -0.39 is 0 Å². The van der Waals surface area contributed by atoms with Gasteiger partial charge in [0.2, 0.25) is 0 Å². The third-order valence-electron chi connectivity index (χ3n) is 5.94. The quantitative estimate of drug-likeness (QED) is 0.744. The number of carbonyl (C=O) groups excluding carboxylic acids is 1. The summed E-state index contributed by atoms with van der Waals surface area (Å²) in [5.41, 5.74) is 5.04. The van der Waals surface area contributed by atoms with E-state index in [0.29, 0.717) is 11.6 Å². The lowest BCUT2D eigenvalue weighted by Crippen LogP contribution is -2.34. The largest absolute Gasteiger partial charge is 0.370 e. The lowest BCUT2D eigenvalue weighted by Gasteiger charge is -2.34. The first-order valence-electron chi connectivity index (χ1n) is 10.2. The highest BCUT2D eigenvalue weighted by atomic mass is 16.2. The number of fused-ring (bicyclic) bond motifs is 1. The van der Waals surface area contributed by atoms with Crippen LogP contribution in [0.25, 0.3) is 11.2 Å². The summed E-state index contributed by atoms with van der Waals surface area (Å²) < 4.78 is 0. The van der Waals surface area contributed by atoms with Gasteiger partial charge in [0, 0.05) is 50.5 Å². The fourth-order valence-electron chi connectivity index (χ4n) is 4.36. The zero-order valence-electron chi connectivity index (χ0n) is 16.3. The lowest BCUT2D eigenvalue weighted by molar-refractivity contribution is 0.252. The van der Waals surface area contributed by atoms with Gasteiger partial charge in [-0.2, -0.15) is 0 Å². The highest BCUT2D eigenvalue weighted by Crippen LogP contribution is 2.29. The van der Waals surface area contributed by atoms with Gasteiger partial charge in [0.25, 0.3) is 0 Å². The van der Waals surface area contributed by atoms with Crippen molar-refractivity contribution in [1.82, 2.24) is 20.3 Å². The van der Waals surface area contributed by atoms with Crippen LogP contribution < -0.4 is 15.1 Å². The first-order chi connectivity index (χ1) is 14.3. The highest BCUT2D eigenvalue weighted by molar-refractivity contribution is 5.94. The van der Waals surface area contributed by atoms with Crippen molar-refractivity contribution in [2.75, 3.05) is 36.0 Å². The number of hydrogen-bond donors (Lipinski definition) is 1. The fourth-order valence-corrected chi connectivity index (χ4v) is 4.36. The number of hydrogen-bond acceptors (Lipinski definition) is 5. The van der Waals surface area contributed by atoms with Crippen molar-refractivity contribution in [1.29, 1.82) is 0 Å². The number of aromatic nitrogens is 3. The fraction of sp³-hybridized carbons (Fsp3) is 0.364. The molecule has 1 aromatic carbocycles. The third kappa shape index (κ3) is 3.60. The second-order valence-corrected chi connectivity index (χ2v) is 7.74. The SMILES string of the molecule is O=C1NCCN1c1ccc(CC2CCN(c3ccnc4nccnc34)CC2)cc1. The Morgan fingerprint density at radius 3 is 2.45 bits per heavy atom. The van der Waals surface area contributed by atoms with Crippen LogP contribution in [0.1, 0.15) is 18.4 Å². The maximum Gasteiger partial charge on any atom is 0.321 e. The Bertz CT molecular complexity index is 1010. The van der Waals surface area contributed by atoms with Crippen molar-refractivity contribution in [3.8, 4) is 0 Å². The molecule has 1 N–H and O–H groups in total. The van der Waals surface area contributed by atoms with Crippen LogP contribution in [0, 0.1) is 5.92 Å². The second kappa shape index (κ2) is 7.66. The average molecular weight is 388 g/mol. The minimum atomic E-state index is -0.00144. The maximum absolute atomic E-state index is 11.8. The van der Waals surface area contributed by atoms with Crippen molar-refractivity contribution < 1.29 is 4.79 Å². The summed E-state index contributed by atoms with van der Waals surface area (Å²) in [6.45, 7) is 3.50. The predicted molar refractivity (Wildman–Crippen MR) is 113 cm³/mol. The maximum atomic E-state index is 11.8. The standard InChI is InChI=1S/C22H24N6O/c29-22-26-11-14-28(22)18-3-1-16(2-4-18)15-17-6-12-27(13-7-17)19-5-8-24-21-20(19)23-9-10-25-21/h1-5,8-10,17H,6-7,11-15H2,(H,26,29). The summed E-state index contributed by atoms with van der Waals surface area (Å²) >= 11 is 0. The number of pyridine rings is 1. The van der Waals surface area contributed by atoms with Crippen molar-refractivity contribution in [2.45, 2.75) is 19.3 Å². The molecule has 2 fully saturated rings. The minimum Gasteiger partial charge on any atom is -0.370 e. The molecule has 2 aliphatic heterocycles. The molecule has 0 bridgehead atoms. The predicted octanol–water partition coefficient (Wildman–Crippen LogP) is 3.01. The second-order valence-electron chi connectivity index (χ2n) is 7.74. The molecule has 7 heteroatoms. The van der Waals surface area contributed by atoms with E-state index in [1.54, 1.807) is 17.3 Å². The number of anilines is 2. The van der Waals surface area contributed by atoms with Gasteiger partial charge < -0.3 is 10.2 Å². The van der Waals surface area contributed by atoms with Crippen LogP contribution in [0.5, 0.6) is 0 Å². The average Bonchev–Trinajstić information content (AvgIpc) is 3.20. The first-order valence-corrected chi connectivity index (χ1v) is 10.2. The zero-order chi connectivity index (χ0) is 19.6. The molecule has 4 heterocycles. The Hall–Kier alpha value is -3.22. The van der Waals surface area contributed by atoms with Gasteiger partial charge in [0.05, 0.1) is 5.69 Å². The molecule has 2 aliphatic rings. The Morgan fingerprint density at radius 2 is 1.69 bits per heavy atom. The molecule has 5 rings (SSSR count). The summed E-state index contributed by atoms with van der Waals surface area (Å²) in [5.74, 6) is 0.673. The van der Waals surface area contributed by atoms with Crippen LogP contribution in [-0.4, -0.2) is 47.2 Å². The van der Waals surface area contributed by atoms with E-state index >= 15 is 0 Å². The number of nitrogens with zero attached hydrogens (tertiary/aromatic N) is 5. The number of benzene rings is 1. The Labute approximate surface area is 169 Å². The normalized spacial score (nSPS) is 17.7. The Morgan fingerprint density at radius 1 is 0.931 bits per heavy atom. The van der Waals surface area contributed by atoms with E-state index in [1.807, 2.05) is 12.3 Å². The molecule has 29 heavy (non-hydrogen) atoms. The van der Waals surface area contributed by atoms with E-state index in [0.717, 1.165) is 62.3 Å². The number of rotatable bonds is 4. The van der Waals surface area contributed by atoms with Crippen molar-refractivity contribution >= 4 is 28.6 Å². The van der Waals surface area contributed by atoms with Crippen LogP contribution in [0.3, 0.4) is 0 Å². The third-order valence-corrected chi connectivity index (χ3v) is 5.94. The van der Waals surface area contributed by atoms with Gasteiger partial charge in [-0.15, -0.1) is 0 Å². The molecule has 3 aromatic rings. The topological polar surface area (TPSA) is 74.2 Å². The molecule has 2 amide bonds.